The summed E-state index contributed by atoms with van der Waals surface area (Å²) in [6, 6.07) is 0.889. The molecule has 1 N–H and O–H groups in total. The van der Waals surface area contributed by atoms with Crippen molar-refractivity contribution < 1.29 is 0 Å². The van der Waals surface area contributed by atoms with E-state index in [0.29, 0.717) is 0 Å². The predicted molar refractivity (Wildman–Crippen MR) is 73.2 cm³/mol. The van der Waals surface area contributed by atoms with Gasteiger partial charge < -0.3 is 5.32 Å². The lowest BCUT2D eigenvalue weighted by Gasteiger charge is -2.35. The first-order valence-corrected chi connectivity index (χ1v) is 7.90. The Balaban J connectivity index is 1.68. The topological polar surface area (TPSA) is 15.3 Å². The van der Waals surface area contributed by atoms with Gasteiger partial charge in [-0.3, -0.25) is 4.90 Å². The monoisotopic (exact) mass is 242 g/mol. The highest BCUT2D eigenvalue weighted by molar-refractivity contribution is 8.00. The van der Waals surface area contributed by atoms with Crippen LogP contribution in [-0.4, -0.2) is 48.1 Å². The summed E-state index contributed by atoms with van der Waals surface area (Å²) in [5.74, 6) is 2.31. The smallest absolute Gasteiger partial charge is 0.0196 e. The Labute approximate surface area is 105 Å². The average molecular weight is 242 g/mol. The van der Waals surface area contributed by atoms with Crippen molar-refractivity contribution >= 4 is 11.8 Å². The van der Waals surface area contributed by atoms with E-state index in [2.05, 4.69) is 35.8 Å². The fraction of sp³-hybridized carbons (Fsp3) is 1.00. The molecule has 2 nitrogen and oxygen atoms in total. The number of rotatable bonds is 4. The van der Waals surface area contributed by atoms with Crippen molar-refractivity contribution in [2.24, 2.45) is 5.92 Å². The molecule has 0 radical (unpaired) electrons. The third kappa shape index (κ3) is 3.38. The van der Waals surface area contributed by atoms with Crippen LogP contribution in [-0.2, 0) is 0 Å². The standard InChI is InChI=1S/C13H26N2S/c1-3-14-9-12-4-6-15(7-5-12)13-8-11(2)16-10-13/h11-14H,3-10H2,1-2H3. The van der Waals surface area contributed by atoms with Crippen molar-refractivity contribution in [3.05, 3.63) is 0 Å². The first-order valence-electron chi connectivity index (χ1n) is 6.86. The Morgan fingerprint density at radius 1 is 1.31 bits per heavy atom. The van der Waals surface area contributed by atoms with Crippen LogP contribution in [0.15, 0.2) is 0 Å². The lowest BCUT2D eigenvalue weighted by Crippen LogP contribution is -2.43. The molecule has 16 heavy (non-hydrogen) atoms. The zero-order valence-electron chi connectivity index (χ0n) is 10.7. The number of likely N-dealkylation sites (tertiary alicyclic amines) is 1. The van der Waals surface area contributed by atoms with Crippen LogP contribution in [0, 0.1) is 5.92 Å². The zero-order chi connectivity index (χ0) is 11.4. The fourth-order valence-corrected chi connectivity index (χ4v) is 4.18. The van der Waals surface area contributed by atoms with E-state index in [9.17, 15) is 0 Å². The number of nitrogens with zero attached hydrogens (tertiary/aromatic N) is 1. The summed E-state index contributed by atoms with van der Waals surface area (Å²) in [7, 11) is 0. The minimum atomic E-state index is 0.889. The molecule has 2 heterocycles. The first-order chi connectivity index (χ1) is 7.79. The van der Waals surface area contributed by atoms with Crippen LogP contribution in [0.5, 0.6) is 0 Å². The van der Waals surface area contributed by atoms with Crippen LogP contribution in [0.1, 0.15) is 33.1 Å². The molecule has 2 aliphatic rings. The van der Waals surface area contributed by atoms with Gasteiger partial charge in [-0.15, -0.1) is 0 Å². The summed E-state index contributed by atoms with van der Waals surface area (Å²) in [5, 5.41) is 4.38. The largest absolute Gasteiger partial charge is 0.317 e. The van der Waals surface area contributed by atoms with Crippen molar-refractivity contribution in [1.82, 2.24) is 10.2 Å². The van der Waals surface area contributed by atoms with Crippen LogP contribution < -0.4 is 5.32 Å². The van der Waals surface area contributed by atoms with Crippen molar-refractivity contribution in [1.29, 1.82) is 0 Å². The number of nitrogens with one attached hydrogen (secondary N) is 1. The van der Waals surface area contributed by atoms with Crippen molar-refractivity contribution in [2.75, 3.05) is 31.9 Å². The van der Waals surface area contributed by atoms with Gasteiger partial charge in [0.15, 0.2) is 0 Å². The van der Waals surface area contributed by atoms with Gasteiger partial charge in [0.1, 0.15) is 0 Å². The molecule has 2 unspecified atom stereocenters. The van der Waals surface area contributed by atoms with Gasteiger partial charge in [0.05, 0.1) is 0 Å². The molecule has 0 aromatic heterocycles. The van der Waals surface area contributed by atoms with Gasteiger partial charge >= 0.3 is 0 Å². The van der Waals surface area contributed by atoms with Crippen LogP contribution in [0.4, 0.5) is 0 Å². The predicted octanol–water partition coefficient (Wildman–Crippen LogP) is 2.20. The van der Waals surface area contributed by atoms with Gasteiger partial charge in [0.25, 0.3) is 0 Å². The van der Waals surface area contributed by atoms with Gasteiger partial charge in [-0.2, -0.15) is 11.8 Å². The molecule has 2 fully saturated rings. The minimum Gasteiger partial charge on any atom is -0.317 e. The Hall–Kier alpha value is 0.270. The Kier molecular flexibility index (Phi) is 4.98. The lowest BCUT2D eigenvalue weighted by atomic mass is 9.95. The first kappa shape index (κ1) is 12.7. The molecular weight excluding hydrogens is 216 g/mol. The average Bonchev–Trinajstić information content (AvgIpc) is 2.74. The van der Waals surface area contributed by atoms with Crippen LogP contribution in [0.25, 0.3) is 0 Å². The van der Waals surface area contributed by atoms with Gasteiger partial charge in [0, 0.05) is 17.0 Å². The molecule has 2 saturated heterocycles. The van der Waals surface area contributed by atoms with E-state index in [0.717, 1.165) is 23.8 Å². The molecule has 2 rings (SSSR count). The number of hydrogen-bond acceptors (Lipinski definition) is 3. The maximum absolute atomic E-state index is 3.49. The lowest BCUT2D eigenvalue weighted by molar-refractivity contribution is 0.141. The number of piperidine rings is 1. The summed E-state index contributed by atoms with van der Waals surface area (Å²) in [4.78, 5) is 2.75. The van der Waals surface area contributed by atoms with E-state index in [-0.39, 0.29) is 0 Å². The maximum Gasteiger partial charge on any atom is 0.0196 e. The van der Waals surface area contributed by atoms with E-state index in [1.165, 1.54) is 44.6 Å². The molecule has 0 saturated carbocycles. The molecule has 0 bridgehead atoms. The SMILES string of the molecule is CCNCC1CCN(C2CSC(C)C2)CC1. The Morgan fingerprint density at radius 3 is 2.62 bits per heavy atom. The molecule has 3 heteroatoms. The third-order valence-corrected chi connectivity index (χ3v) is 5.36. The molecule has 2 atom stereocenters. The third-order valence-electron chi connectivity index (χ3n) is 4.03. The highest BCUT2D eigenvalue weighted by Crippen LogP contribution is 2.31. The molecule has 0 aromatic carbocycles. The molecule has 0 aromatic rings. The molecule has 0 aliphatic carbocycles. The maximum atomic E-state index is 3.49. The van der Waals surface area contributed by atoms with Crippen LogP contribution in [0.2, 0.25) is 0 Å². The van der Waals surface area contributed by atoms with Crippen LogP contribution >= 0.6 is 11.8 Å². The molecule has 94 valence electrons. The number of hydrogen-bond donors (Lipinski definition) is 1. The molecule has 0 amide bonds. The van der Waals surface area contributed by atoms with Crippen molar-refractivity contribution in [3.63, 3.8) is 0 Å². The van der Waals surface area contributed by atoms with E-state index in [1.807, 2.05) is 0 Å². The Morgan fingerprint density at radius 2 is 2.06 bits per heavy atom. The molecule has 2 aliphatic heterocycles. The van der Waals surface area contributed by atoms with Gasteiger partial charge in [-0.1, -0.05) is 13.8 Å². The van der Waals surface area contributed by atoms with Crippen LogP contribution in [0.3, 0.4) is 0 Å². The summed E-state index contributed by atoms with van der Waals surface area (Å²) >= 11 is 2.16. The van der Waals surface area contributed by atoms with Crippen molar-refractivity contribution in [3.8, 4) is 0 Å². The van der Waals surface area contributed by atoms with E-state index >= 15 is 0 Å². The summed E-state index contributed by atoms with van der Waals surface area (Å²) < 4.78 is 0. The Bertz CT molecular complexity index is 202. The van der Waals surface area contributed by atoms with E-state index in [1.54, 1.807) is 0 Å². The van der Waals surface area contributed by atoms with Crippen molar-refractivity contribution in [2.45, 2.75) is 44.4 Å². The second kappa shape index (κ2) is 6.27. The van der Waals surface area contributed by atoms with Gasteiger partial charge in [-0.05, 0) is 51.4 Å². The normalized spacial score (nSPS) is 33.4. The zero-order valence-corrected chi connectivity index (χ0v) is 11.6. The highest BCUT2D eigenvalue weighted by atomic mass is 32.2. The summed E-state index contributed by atoms with van der Waals surface area (Å²) in [6.45, 7) is 9.62. The van der Waals surface area contributed by atoms with E-state index in [4.69, 9.17) is 0 Å². The summed E-state index contributed by atoms with van der Waals surface area (Å²) in [5.41, 5.74) is 0. The van der Waals surface area contributed by atoms with Gasteiger partial charge in [0.2, 0.25) is 0 Å². The second-order valence-corrected chi connectivity index (χ2v) is 6.79. The minimum absolute atomic E-state index is 0.889. The van der Waals surface area contributed by atoms with E-state index < -0.39 is 0 Å². The molecular formula is C13H26N2S. The van der Waals surface area contributed by atoms with Gasteiger partial charge in [-0.25, -0.2) is 0 Å². The highest BCUT2D eigenvalue weighted by Gasteiger charge is 2.29. The number of thioether (sulfide) groups is 1. The molecule has 0 spiro atoms. The quantitative estimate of drug-likeness (QED) is 0.814. The fourth-order valence-electron chi connectivity index (χ4n) is 2.92. The second-order valence-electron chi connectivity index (χ2n) is 5.32. The summed E-state index contributed by atoms with van der Waals surface area (Å²) in [6.07, 6.45) is 4.23.